The molecular weight excluding hydrogens is 292 g/mol. The minimum Gasteiger partial charge on any atom is -0.349 e. The zero-order chi connectivity index (χ0) is 15.1. The maximum atomic E-state index is 12.6. The van der Waals surface area contributed by atoms with Crippen LogP contribution in [-0.4, -0.2) is 16.9 Å². The van der Waals surface area contributed by atoms with Crippen LogP contribution in [0.2, 0.25) is 0 Å². The number of fused-ring (bicyclic) bond motifs is 1. The molecule has 4 rings (SSSR count). The highest BCUT2D eigenvalue weighted by atomic mass is 32.1. The van der Waals surface area contributed by atoms with Gasteiger partial charge in [0.2, 0.25) is 0 Å². The fourth-order valence-corrected chi connectivity index (χ4v) is 3.37. The lowest BCUT2D eigenvalue weighted by Gasteiger charge is -2.09. The van der Waals surface area contributed by atoms with E-state index in [-0.39, 0.29) is 5.91 Å². The molecule has 1 amide bonds. The van der Waals surface area contributed by atoms with Crippen LogP contribution >= 0.6 is 11.3 Å². The van der Waals surface area contributed by atoms with Crippen LogP contribution in [-0.2, 0) is 0 Å². The van der Waals surface area contributed by atoms with E-state index in [1.54, 1.807) is 11.3 Å². The molecule has 3 aromatic rings. The molecule has 0 aliphatic heterocycles. The summed E-state index contributed by atoms with van der Waals surface area (Å²) in [6, 6.07) is 14.1. The molecule has 1 aliphatic rings. The van der Waals surface area contributed by atoms with Crippen LogP contribution in [0, 0.1) is 5.92 Å². The Balaban J connectivity index is 1.82. The van der Waals surface area contributed by atoms with Gasteiger partial charge >= 0.3 is 0 Å². The first-order valence-corrected chi connectivity index (χ1v) is 8.35. The molecule has 1 saturated carbocycles. The van der Waals surface area contributed by atoms with Gasteiger partial charge in [0.05, 0.1) is 21.7 Å². The molecule has 3 nitrogen and oxygen atoms in total. The number of para-hydroxylation sites is 1. The Kier molecular flexibility index (Phi) is 3.19. The second-order valence-electron chi connectivity index (χ2n) is 5.84. The number of amides is 1. The molecule has 2 atom stereocenters. The second kappa shape index (κ2) is 5.21. The summed E-state index contributed by atoms with van der Waals surface area (Å²) in [6.45, 7) is 2.16. The quantitative estimate of drug-likeness (QED) is 0.791. The molecule has 0 spiro atoms. The summed E-state index contributed by atoms with van der Waals surface area (Å²) in [5, 5.41) is 6.06. The molecule has 1 fully saturated rings. The van der Waals surface area contributed by atoms with Gasteiger partial charge in [0.15, 0.2) is 0 Å². The van der Waals surface area contributed by atoms with Gasteiger partial charge in [-0.15, -0.1) is 11.3 Å². The van der Waals surface area contributed by atoms with Crippen molar-refractivity contribution in [2.45, 2.75) is 19.4 Å². The minimum atomic E-state index is 0.00533. The van der Waals surface area contributed by atoms with Crippen LogP contribution in [0.3, 0.4) is 0 Å². The molecule has 2 heterocycles. The van der Waals surface area contributed by atoms with E-state index < -0.39 is 0 Å². The molecule has 2 unspecified atom stereocenters. The summed E-state index contributed by atoms with van der Waals surface area (Å²) in [5.74, 6) is 0.597. The average molecular weight is 308 g/mol. The lowest BCUT2D eigenvalue weighted by molar-refractivity contribution is 0.0951. The number of nitrogens with one attached hydrogen (secondary N) is 1. The average Bonchev–Trinajstić information content (AvgIpc) is 3.03. The van der Waals surface area contributed by atoms with Gasteiger partial charge in [0, 0.05) is 11.4 Å². The summed E-state index contributed by atoms with van der Waals surface area (Å²) in [6.07, 6.45) is 1.08. The predicted molar refractivity (Wildman–Crippen MR) is 90.1 cm³/mol. The summed E-state index contributed by atoms with van der Waals surface area (Å²) in [5.41, 5.74) is 2.44. The van der Waals surface area contributed by atoms with Crippen molar-refractivity contribution < 1.29 is 4.79 Å². The first-order valence-electron chi connectivity index (χ1n) is 7.47. The zero-order valence-corrected chi connectivity index (χ0v) is 13.1. The lowest BCUT2D eigenvalue weighted by atomic mass is 10.1. The minimum absolute atomic E-state index is 0.00533. The smallest absolute Gasteiger partial charge is 0.252 e. The number of hydrogen-bond donors (Lipinski definition) is 1. The van der Waals surface area contributed by atoms with E-state index in [0.717, 1.165) is 27.9 Å². The summed E-state index contributed by atoms with van der Waals surface area (Å²) < 4.78 is 0. The lowest BCUT2D eigenvalue weighted by Crippen LogP contribution is -2.26. The van der Waals surface area contributed by atoms with Crippen LogP contribution in [0.15, 0.2) is 47.8 Å². The summed E-state index contributed by atoms with van der Waals surface area (Å²) >= 11 is 1.64. The van der Waals surface area contributed by atoms with Gasteiger partial charge in [0.1, 0.15) is 0 Å². The number of aromatic nitrogens is 1. The van der Waals surface area contributed by atoms with E-state index >= 15 is 0 Å². The molecule has 110 valence electrons. The van der Waals surface area contributed by atoms with Crippen molar-refractivity contribution in [2.24, 2.45) is 5.92 Å². The van der Waals surface area contributed by atoms with Gasteiger partial charge in [-0.3, -0.25) is 4.79 Å². The van der Waals surface area contributed by atoms with E-state index in [2.05, 4.69) is 12.2 Å². The van der Waals surface area contributed by atoms with E-state index in [1.165, 1.54) is 0 Å². The molecular formula is C18H16N2OS. The van der Waals surface area contributed by atoms with Crippen LogP contribution in [0.1, 0.15) is 23.7 Å². The van der Waals surface area contributed by atoms with E-state index in [0.29, 0.717) is 17.5 Å². The molecule has 0 bridgehead atoms. The molecule has 1 aromatic carbocycles. The molecule has 0 radical (unpaired) electrons. The maximum Gasteiger partial charge on any atom is 0.252 e. The zero-order valence-electron chi connectivity index (χ0n) is 12.2. The van der Waals surface area contributed by atoms with Gasteiger partial charge in [-0.2, -0.15) is 0 Å². The number of thiophene rings is 1. The van der Waals surface area contributed by atoms with Gasteiger partial charge in [-0.25, -0.2) is 4.98 Å². The van der Waals surface area contributed by atoms with E-state index in [4.69, 9.17) is 4.98 Å². The fourth-order valence-electron chi connectivity index (χ4n) is 2.68. The summed E-state index contributed by atoms with van der Waals surface area (Å²) in [7, 11) is 0. The largest absolute Gasteiger partial charge is 0.349 e. The number of benzene rings is 1. The number of carbonyl (C=O) groups is 1. The molecule has 1 N–H and O–H groups in total. The van der Waals surface area contributed by atoms with Crippen molar-refractivity contribution >= 4 is 28.1 Å². The normalized spacial score (nSPS) is 20.0. The van der Waals surface area contributed by atoms with E-state index in [9.17, 15) is 4.79 Å². The van der Waals surface area contributed by atoms with Crippen LogP contribution in [0.4, 0.5) is 0 Å². The third-order valence-corrected chi connectivity index (χ3v) is 5.05. The number of pyridine rings is 1. The van der Waals surface area contributed by atoms with Crippen molar-refractivity contribution in [2.75, 3.05) is 0 Å². The van der Waals surface area contributed by atoms with E-state index in [1.807, 2.05) is 47.8 Å². The molecule has 1 aliphatic carbocycles. The Morgan fingerprint density at radius 3 is 2.82 bits per heavy atom. The molecule has 2 aromatic heterocycles. The number of nitrogens with zero attached hydrogens (tertiary/aromatic N) is 1. The van der Waals surface area contributed by atoms with Crippen LogP contribution in [0.25, 0.3) is 21.5 Å². The van der Waals surface area contributed by atoms with Crippen molar-refractivity contribution in [3.63, 3.8) is 0 Å². The highest BCUT2D eigenvalue weighted by Gasteiger charge is 2.34. The van der Waals surface area contributed by atoms with Gasteiger partial charge in [-0.05, 0) is 35.9 Å². The highest BCUT2D eigenvalue weighted by molar-refractivity contribution is 7.13. The topological polar surface area (TPSA) is 42.0 Å². The predicted octanol–water partition coefficient (Wildman–Crippen LogP) is 4.10. The second-order valence-corrected chi connectivity index (χ2v) is 6.79. The Hall–Kier alpha value is -2.20. The van der Waals surface area contributed by atoms with Crippen molar-refractivity contribution in [3.05, 3.63) is 53.4 Å². The Labute approximate surface area is 133 Å². The Morgan fingerprint density at radius 1 is 1.27 bits per heavy atom. The SMILES string of the molecule is CC1CC1NC(=O)c1cc(-c2cccs2)nc2ccccc12. The number of hydrogen-bond acceptors (Lipinski definition) is 3. The van der Waals surface area contributed by atoms with Gasteiger partial charge in [0.25, 0.3) is 5.91 Å². The monoisotopic (exact) mass is 308 g/mol. The summed E-state index contributed by atoms with van der Waals surface area (Å²) in [4.78, 5) is 18.4. The Morgan fingerprint density at radius 2 is 2.09 bits per heavy atom. The van der Waals surface area contributed by atoms with Crippen LogP contribution < -0.4 is 5.32 Å². The standard InChI is InChI=1S/C18H16N2OS/c1-11-9-15(11)20-18(21)13-10-16(17-7-4-8-22-17)19-14-6-3-2-5-12(13)14/h2-8,10-11,15H,9H2,1H3,(H,20,21). The number of rotatable bonds is 3. The Bertz CT molecular complexity index is 841. The highest BCUT2D eigenvalue weighted by Crippen LogP contribution is 2.31. The molecule has 0 saturated heterocycles. The molecule has 4 heteroatoms. The third kappa shape index (κ3) is 2.40. The van der Waals surface area contributed by atoms with Crippen LogP contribution in [0.5, 0.6) is 0 Å². The first kappa shape index (κ1) is 13.5. The first-order chi connectivity index (χ1) is 10.7. The van der Waals surface area contributed by atoms with Gasteiger partial charge in [-0.1, -0.05) is 31.2 Å². The fraction of sp³-hybridized carbons (Fsp3) is 0.222. The van der Waals surface area contributed by atoms with Crippen molar-refractivity contribution in [1.82, 2.24) is 10.3 Å². The molecule has 22 heavy (non-hydrogen) atoms. The number of carbonyl (C=O) groups excluding carboxylic acids is 1. The maximum absolute atomic E-state index is 12.6. The van der Waals surface area contributed by atoms with Crippen molar-refractivity contribution in [3.8, 4) is 10.6 Å². The van der Waals surface area contributed by atoms with Crippen molar-refractivity contribution in [1.29, 1.82) is 0 Å². The third-order valence-electron chi connectivity index (χ3n) is 4.16. The van der Waals surface area contributed by atoms with Gasteiger partial charge < -0.3 is 5.32 Å².